The summed E-state index contributed by atoms with van der Waals surface area (Å²) >= 11 is 0. The van der Waals surface area contributed by atoms with E-state index in [1.807, 2.05) is 25.1 Å². The molecule has 1 aromatic rings. The van der Waals surface area contributed by atoms with Gasteiger partial charge in [0.15, 0.2) is 11.5 Å². The Morgan fingerprint density at radius 3 is 2.70 bits per heavy atom. The number of hydrogen-bond donors (Lipinski definition) is 1. The molecule has 1 aliphatic rings. The fraction of sp³-hybridized carbons (Fsp3) is 0.647. The summed E-state index contributed by atoms with van der Waals surface area (Å²) in [5.74, 6) is 1.71. The van der Waals surface area contributed by atoms with Crippen molar-refractivity contribution >= 4 is 0 Å². The molecule has 0 atom stereocenters. The largest absolute Gasteiger partial charge is 0.504 e. The van der Waals surface area contributed by atoms with Crippen LogP contribution in [0.4, 0.5) is 0 Å². The predicted octanol–water partition coefficient (Wildman–Crippen LogP) is 3.80. The third kappa shape index (κ3) is 4.14. The molecule has 112 valence electrons. The summed E-state index contributed by atoms with van der Waals surface area (Å²) in [5, 5.41) is 10.2. The van der Waals surface area contributed by atoms with Gasteiger partial charge in [0.2, 0.25) is 0 Å². The minimum atomic E-state index is 0.296. The van der Waals surface area contributed by atoms with Crippen molar-refractivity contribution in [2.24, 2.45) is 5.92 Å². The van der Waals surface area contributed by atoms with E-state index in [1.54, 1.807) is 0 Å². The lowest BCUT2D eigenvalue weighted by Crippen LogP contribution is -2.26. The number of nitrogens with zero attached hydrogens (tertiary/aromatic N) is 1. The fourth-order valence-electron chi connectivity index (χ4n) is 3.13. The number of ether oxygens (including phenoxy) is 1. The van der Waals surface area contributed by atoms with E-state index in [4.69, 9.17) is 4.74 Å². The number of para-hydroxylation sites is 1. The second-order valence-corrected chi connectivity index (χ2v) is 5.90. The molecule has 1 fully saturated rings. The van der Waals surface area contributed by atoms with E-state index in [9.17, 15) is 5.11 Å². The van der Waals surface area contributed by atoms with Crippen LogP contribution in [0.2, 0.25) is 0 Å². The van der Waals surface area contributed by atoms with Gasteiger partial charge in [0, 0.05) is 18.7 Å². The molecule has 0 bridgehead atoms. The Kier molecular flexibility index (Phi) is 5.72. The molecule has 0 amide bonds. The van der Waals surface area contributed by atoms with Gasteiger partial charge in [-0.3, -0.25) is 0 Å². The Morgan fingerprint density at radius 1 is 1.25 bits per heavy atom. The minimum absolute atomic E-state index is 0.296. The first kappa shape index (κ1) is 15.2. The molecule has 1 aromatic carbocycles. The molecule has 3 nitrogen and oxygen atoms in total. The van der Waals surface area contributed by atoms with E-state index in [1.165, 1.54) is 32.1 Å². The molecule has 1 saturated carbocycles. The topological polar surface area (TPSA) is 32.7 Å². The van der Waals surface area contributed by atoms with Gasteiger partial charge in [0.1, 0.15) is 0 Å². The van der Waals surface area contributed by atoms with Crippen molar-refractivity contribution in [3.63, 3.8) is 0 Å². The van der Waals surface area contributed by atoms with Gasteiger partial charge in [-0.2, -0.15) is 0 Å². The number of hydrogen-bond acceptors (Lipinski definition) is 3. The molecule has 3 heteroatoms. The Morgan fingerprint density at radius 2 is 2.00 bits per heavy atom. The van der Waals surface area contributed by atoms with Crippen molar-refractivity contribution in [1.29, 1.82) is 0 Å². The van der Waals surface area contributed by atoms with Crippen LogP contribution in [0.15, 0.2) is 18.2 Å². The second kappa shape index (κ2) is 7.53. The number of rotatable bonds is 6. The molecular weight excluding hydrogens is 250 g/mol. The van der Waals surface area contributed by atoms with Crippen LogP contribution >= 0.6 is 0 Å². The highest BCUT2D eigenvalue weighted by atomic mass is 16.5. The summed E-state index contributed by atoms with van der Waals surface area (Å²) < 4.78 is 5.44. The van der Waals surface area contributed by atoms with Crippen LogP contribution in [0.25, 0.3) is 0 Å². The van der Waals surface area contributed by atoms with Crippen molar-refractivity contribution in [2.45, 2.75) is 45.6 Å². The van der Waals surface area contributed by atoms with Crippen LogP contribution in [0.5, 0.6) is 11.5 Å². The summed E-state index contributed by atoms with van der Waals surface area (Å²) in [7, 11) is 2.14. The molecule has 0 heterocycles. The van der Waals surface area contributed by atoms with Crippen molar-refractivity contribution in [3.8, 4) is 11.5 Å². The van der Waals surface area contributed by atoms with E-state index in [0.29, 0.717) is 18.1 Å². The fourth-order valence-corrected chi connectivity index (χ4v) is 3.13. The molecule has 1 aliphatic carbocycles. The van der Waals surface area contributed by atoms with E-state index < -0.39 is 0 Å². The van der Waals surface area contributed by atoms with E-state index in [-0.39, 0.29) is 0 Å². The first-order chi connectivity index (χ1) is 9.70. The lowest BCUT2D eigenvalue weighted by atomic mass is 9.89. The van der Waals surface area contributed by atoms with Crippen molar-refractivity contribution in [3.05, 3.63) is 23.8 Å². The summed E-state index contributed by atoms with van der Waals surface area (Å²) in [4.78, 5) is 2.32. The van der Waals surface area contributed by atoms with Gasteiger partial charge in [-0.15, -0.1) is 0 Å². The zero-order chi connectivity index (χ0) is 14.4. The van der Waals surface area contributed by atoms with Gasteiger partial charge in [0.05, 0.1) is 6.61 Å². The third-order valence-corrected chi connectivity index (χ3v) is 4.12. The van der Waals surface area contributed by atoms with Crippen LogP contribution in [0.3, 0.4) is 0 Å². The smallest absolute Gasteiger partial charge is 0.162 e. The van der Waals surface area contributed by atoms with E-state index in [0.717, 1.165) is 24.6 Å². The van der Waals surface area contributed by atoms with Gasteiger partial charge < -0.3 is 14.7 Å². The summed E-state index contributed by atoms with van der Waals surface area (Å²) in [6, 6.07) is 5.76. The number of aromatic hydroxyl groups is 1. The highest BCUT2D eigenvalue weighted by Gasteiger charge is 2.16. The summed E-state index contributed by atoms with van der Waals surface area (Å²) in [6.07, 6.45) is 6.87. The highest BCUT2D eigenvalue weighted by Crippen LogP contribution is 2.31. The Bertz CT molecular complexity index is 413. The molecular formula is C17H27NO2. The SMILES string of the molecule is CCOc1cccc(CN(C)CC2CCCCC2)c1O. The molecule has 0 aliphatic heterocycles. The minimum Gasteiger partial charge on any atom is -0.504 e. The van der Waals surface area contributed by atoms with Crippen LogP contribution in [-0.4, -0.2) is 30.2 Å². The lowest BCUT2D eigenvalue weighted by molar-refractivity contribution is 0.225. The summed E-state index contributed by atoms with van der Waals surface area (Å²) in [6.45, 7) is 4.41. The van der Waals surface area contributed by atoms with Crippen molar-refractivity contribution in [2.75, 3.05) is 20.2 Å². The van der Waals surface area contributed by atoms with Crippen LogP contribution in [-0.2, 0) is 6.54 Å². The quantitative estimate of drug-likeness (QED) is 0.858. The van der Waals surface area contributed by atoms with Crippen molar-refractivity contribution < 1.29 is 9.84 Å². The van der Waals surface area contributed by atoms with E-state index >= 15 is 0 Å². The van der Waals surface area contributed by atoms with Crippen LogP contribution in [0, 0.1) is 5.92 Å². The van der Waals surface area contributed by atoms with Gasteiger partial charge in [-0.1, -0.05) is 31.4 Å². The first-order valence-corrected chi connectivity index (χ1v) is 7.83. The Hall–Kier alpha value is -1.22. The molecule has 0 aromatic heterocycles. The Labute approximate surface area is 122 Å². The number of benzene rings is 1. The van der Waals surface area contributed by atoms with Crippen LogP contribution < -0.4 is 4.74 Å². The summed E-state index contributed by atoms with van der Waals surface area (Å²) in [5.41, 5.74) is 0.953. The lowest BCUT2D eigenvalue weighted by Gasteiger charge is -2.27. The highest BCUT2D eigenvalue weighted by molar-refractivity contribution is 5.45. The first-order valence-electron chi connectivity index (χ1n) is 7.83. The predicted molar refractivity (Wildman–Crippen MR) is 82.2 cm³/mol. The molecule has 2 rings (SSSR count). The maximum Gasteiger partial charge on any atom is 0.162 e. The number of phenols is 1. The molecule has 0 radical (unpaired) electrons. The maximum atomic E-state index is 10.2. The molecule has 20 heavy (non-hydrogen) atoms. The van der Waals surface area contributed by atoms with Gasteiger partial charge in [0.25, 0.3) is 0 Å². The zero-order valence-electron chi connectivity index (χ0n) is 12.8. The average Bonchev–Trinajstić information content (AvgIpc) is 2.44. The molecule has 0 spiro atoms. The normalized spacial score (nSPS) is 16.6. The van der Waals surface area contributed by atoms with Gasteiger partial charge in [-0.25, -0.2) is 0 Å². The molecule has 1 N–H and O–H groups in total. The van der Waals surface area contributed by atoms with E-state index in [2.05, 4.69) is 11.9 Å². The van der Waals surface area contributed by atoms with Crippen LogP contribution in [0.1, 0.15) is 44.6 Å². The van der Waals surface area contributed by atoms with Gasteiger partial charge >= 0.3 is 0 Å². The average molecular weight is 277 g/mol. The number of phenolic OH excluding ortho intramolecular Hbond substituents is 1. The zero-order valence-corrected chi connectivity index (χ0v) is 12.8. The standard InChI is InChI=1S/C17H27NO2/c1-3-20-16-11-7-10-15(17(16)19)13-18(2)12-14-8-5-4-6-9-14/h7,10-11,14,19H,3-6,8-9,12-13H2,1-2H3. The second-order valence-electron chi connectivity index (χ2n) is 5.90. The van der Waals surface area contributed by atoms with Gasteiger partial charge in [-0.05, 0) is 38.8 Å². The third-order valence-electron chi connectivity index (χ3n) is 4.12. The van der Waals surface area contributed by atoms with Crippen molar-refractivity contribution in [1.82, 2.24) is 4.90 Å². The monoisotopic (exact) mass is 277 g/mol. The Balaban J connectivity index is 1.93. The molecule has 0 saturated heterocycles. The maximum absolute atomic E-state index is 10.2. The molecule has 0 unspecified atom stereocenters.